The van der Waals surface area contributed by atoms with Crippen molar-refractivity contribution in [3.8, 4) is 0 Å². The van der Waals surface area contributed by atoms with Gasteiger partial charge in [0.25, 0.3) is 0 Å². The molecule has 0 aromatic rings. The van der Waals surface area contributed by atoms with E-state index in [-0.39, 0.29) is 35.1 Å². The lowest BCUT2D eigenvalue weighted by molar-refractivity contribution is -0.126. The van der Waals surface area contributed by atoms with E-state index in [2.05, 4.69) is 38.3 Å². The fraction of sp³-hybridized carbons (Fsp3) is 0.875. The minimum atomic E-state index is -0.368. The van der Waals surface area contributed by atoms with E-state index in [0.29, 0.717) is 18.4 Å². The molecule has 4 heteroatoms. The fourth-order valence-corrected chi connectivity index (χ4v) is 2.54. The minimum Gasteiger partial charge on any atom is -0.354 e. The van der Waals surface area contributed by atoms with Crippen molar-refractivity contribution >= 4 is 11.8 Å². The Kier molecular flexibility index (Phi) is 4.12. The molecule has 4 nitrogen and oxygen atoms in total. The molecule has 0 bridgehead atoms. The van der Waals surface area contributed by atoms with Gasteiger partial charge in [-0.15, -0.1) is 0 Å². The maximum absolute atomic E-state index is 12.2. The standard InChI is InChI=1S/C16H28N2O2/c1-9(2)16(5,18-15(20)13-7-11(13)4)8-17-14(19)12-6-10(12)3/h9-13H,6-8H2,1-5H3,(H,17,19)(H,18,20). The molecule has 2 fully saturated rings. The molecule has 0 saturated heterocycles. The average molecular weight is 280 g/mol. The largest absolute Gasteiger partial charge is 0.354 e. The van der Waals surface area contributed by atoms with Gasteiger partial charge in [-0.25, -0.2) is 0 Å². The van der Waals surface area contributed by atoms with Crippen LogP contribution in [0.2, 0.25) is 0 Å². The van der Waals surface area contributed by atoms with Crippen molar-refractivity contribution in [1.82, 2.24) is 10.6 Å². The predicted molar refractivity (Wildman–Crippen MR) is 78.9 cm³/mol. The Morgan fingerprint density at radius 3 is 1.95 bits per heavy atom. The zero-order chi connectivity index (χ0) is 15.1. The van der Waals surface area contributed by atoms with E-state index in [9.17, 15) is 9.59 Å². The lowest BCUT2D eigenvalue weighted by Gasteiger charge is -2.35. The predicted octanol–water partition coefficient (Wildman–Crippen LogP) is 1.95. The van der Waals surface area contributed by atoms with Crippen molar-refractivity contribution in [2.24, 2.45) is 29.6 Å². The molecule has 0 spiro atoms. The third-order valence-electron chi connectivity index (χ3n) is 5.21. The highest BCUT2D eigenvalue weighted by molar-refractivity contribution is 5.83. The highest BCUT2D eigenvalue weighted by atomic mass is 16.2. The number of nitrogens with one attached hydrogen (secondary N) is 2. The van der Waals surface area contributed by atoms with Gasteiger partial charge in [0, 0.05) is 18.4 Å². The van der Waals surface area contributed by atoms with Crippen molar-refractivity contribution in [1.29, 1.82) is 0 Å². The van der Waals surface area contributed by atoms with Crippen LogP contribution in [0.4, 0.5) is 0 Å². The molecule has 0 aromatic carbocycles. The molecule has 2 N–H and O–H groups in total. The van der Waals surface area contributed by atoms with Crippen LogP contribution in [0.3, 0.4) is 0 Å². The first-order valence-electron chi connectivity index (χ1n) is 7.84. The summed E-state index contributed by atoms with van der Waals surface area (Å²) in [6, 6.07) is 0. The van der Waals surface area contributed by atoms with E-state index in [1.165, 1.54) is 0 Å². The second-order valence-corrected chi connectivity index (χ2v) is 7.42. The molecule has 2 aliphatic carbocycles. The number of rotatable bonds is 6. The highest BCUT2D eigenvalue weighted by Gasteiger charge is 2.43. The molecule has 2 saturated carbocycles. The zero-order valence-corrected chi connectivity index (χ0v) is 13.3. The molecule has 0 heterocycles. The summed E-state index contributed by atoms with van der Waals surface area (Å²) in [4.78, 5) is 24.1. The number of carbonyl (C=O) groups excluding carboxylic acids is 2. The summed E-state index contributed by atoms with van der Waals surface area (Å²) in [5.74, 6) is 1.94. The molecule has 5 atom stereocenters. The Morgan fingerprint density at radius 1 is 1.10 bits per heavy atom. The van der Waals surface area contributed by atoms with Crippen molar-refractivity contribution < 1.29 is 9.59 Å². The van der Waals surface area contributed by atoms with Gasteiger partial charge in [0.15, 0.2) is 0 Å². The van der Waals surface area contributed by atoms with E-state index in [1.807, 2.05) is 6.92 Å². The van der Waals surface area contributed by atoms with Crippen molar-refractivity contribution in [2.75, 3.05) is 6.54 Å². The molecule has 114 valence electrons. The molecule has 20 heavy (non-hydrogen) atoms. The lowest BCUT2D eigenvalue weighted by Crippen LogP contribution is -2.57. The second kappa shape index (κ2) is 5.38. The Morgan fingerprint density at radius 2 is 1.55 bits per heavy atom. The van der Waals surface area contributed by atoms with Gasteiger partial charge in [-0.1, -0.05) is 27.7 Å². The van der Waals surface area contributed by atoms with E-state index < -0.39 is 0 Å². The van der Waals surface area contributed by atoms with Gasteiger partial charge in [0.05, 0.1) is 5.54 Å². The Bertz CT molecular complexity index is 407. The summed E-state index contributed by atoms with van der Waals surface area (Å²) in [7, 11) is 0. The summed E-state index contributed by atoms with van der Waals surface area (Å²) in [6.07, 6.45) is 1.99. The molecular formula is C16H28N2O2. The number of hydrogen-bond acceptors (Lipinski definition) is 2. The monoisotopic (exact) mass is 280 g/mol. The number of amides is 2. The maximum Gasteiger partial charge on any atom is 0.223 e. The van der Waals surface area contributed by atoms with Crippen LogP contribution in [0, 0.1) is 29.6 Å². The SMILES string of the molecule is CC1CC1C(=O)NCC(C)(NC(=O)C1CC1C)C(C)C. The first kappa shape index (κ1) is 15.3. The molecule has 2 aliphatic rings. The zero-order valence-electron chi connectivity index (χ0n) is 13.3. The van der Waals surface area contributed by atoms with Gasteiger partial charge in [-0.3, -0.25) is 9.59 Å². The number of hydrogen-bond donors (Lipinski definition) is 2. The van der Waals surface area contributed by atoms with Crippen LogP contribution in [0.15, 0.2) is 0 Å². The molecule has 0 aromatic heterocycles. The van der Waals surface area contributed by atoms with Crippen molar-refractivity contribution in [2.45, 2.75) is 53.0 Å². The van der Waals surface area contributed by atoms with Gasteiger partial charge in [-0.05, 0) is 37.5 Å². The molecule has 0 aliphatic heterocycles. The highest BCUT2D eigenvalue weighted by Crippen LogP contribution is 2.39. The summed E-state index contributed by atoms with van der Waals surface area (Å²) >= 11 is 0. The Balaban J connectivity index is 1.87. The van der Waals surface area contributed by atoms with E-state index in [1.54, 1.807) is 0 Å². The third-order valence-corrected chi connectivity index (χ3v) is 5.21. The molecule has 2 amide bonds. The van der Waals surface area contributed by atoms with E-state index >= 15 is 0 Å². The van der Waals surface area contributed by atoms with Gasteiger partial charge in [-0.2, -0.15) is 0 Å². The van der Waals surface area contributed by atoms with E-state index in [0.717, 1.165) is 12.8 Å². The first-order chi connectivity index (χ1) is 9.24. The second-order valence-electron chi connectivity index (χ2n) is 7.42. The van der Waals surface area contributed by atoms with Crippen LogP contribution in [-0.2, 0) is 9.59 Å². The average Bonchev–Trinajstić information content (AvgIpc) is 3.25. The molecular weight excluding hydrogens is 252 g/mol. The van der Waals surface area contributed by atoms with Crippen molar-refractivity contribution in [3.05, 3.63) is 0 Å². The first-order valence-corrected chi connectivity index (χ1v) is 7.84. The van der Waals surface area contributed by atoms with Crippen LogP contribution in [0.25, 0.3) is 0 Å². The third kappa shape index (κ3) is 3.33. The van der Waals surface area contributed by atoms with Gasteiger partial charge in [0.2, 0.25) is 11.8 Å². The summed E-state index contributed by atoms with van der Waals surface area (Å²) in [6.45, 7) is 10.9. The van der Waals surface area contributed by atoms with Gasteiger partial charge >= 0.3 is 0 Å². The smallest absolute Gasteiger partial charge is 0.223 e. The summed E-state index contributed by atoms with van der Waals surface area (Å²) in [5.41, 5.74) is -0.368. The molecule has 2 rings (SSSR count). The van der Waals surface area contributed by atoms with Crippen LogP contribution >= 0.6 is 0 Å². The van der Waals surface area contributed by atoms with E-state index in [4.69, 9.17) is 0 Å². The minimum absolute atomic E-state index is 0.137. The fourth-order valence-electron chi connectivity index (χ4n) is 2.54. The lowest BCUT2D eigenvalue weighted by atomic mass is 9.87. The van der Waals surface area contributed by atoms with Crippen LogP contribution in [0.1, 0.15) is 47.5 Å². The normalized spacial score (nSPS) is 34.3. The molecule has 0 radical (unpaired) electrons. The number of carbonyl (C=O) groups is 2. The van der Waals surface area contributed by atoms with Crippen LogP contribution in [-0.4, -0.2) is 23.9 Å². The van der Waals surface area contributed by atoms with Gasteiger partial charge in [0.1, 0.15) is 0 Å². The summed E-state index contributed by atoms with van der Waals surface area (Å²) < 4.78 is 0. The Hall–Kier alpha value is -1.06. The quantitative estimate of drug-likeness (QED) is 0.781. The van der Waals surface area contributed by atoms with Crippen LogP contribution < -0.4 is 10.6 Å². The topological polar surface area (TPSA) is 58.2 Å². The molecule has 5 unspecified atom stereocenters. The van der Waals surface area contributed by atoms with Crippen molar-refractivity contribution in [3.63, 3.8) is 0 Å². The summed E-state index contributed by atoms with van der Waals surface area (Å²) in [5, 5.41) is 6.18. The maximum atomic E-state index is 12.2. The Labute approximate surface area is 122 Å². The van der Waals surface area contributed by atoms with Gasteiger partial charge < -0.3 is 10.6 Å². The van der Waals surface area contributed by atoms with Crippen LogP contribution in [0.5, 0.6) is 0 Å².